The van der Waals surface area contributed by atoms with Gasteiger partial charge < -0.3 is 0 Å². The zero-order chi connectivity index (χ0) is 13.1. The van der Waals surface area contributed by atoms with Gasteiger partial charge in [-0.1, -0.05) is 58.5 Å². The van der Waals surface area contributed by atoms with Crippen LogP contribution in [0.1, 0.15) is 21.1 Å². The van der Waals surface area contributed by atoms with Gasteiger partial charge in [0.05, 0.1) is 22.8 Å². The van der Waals surface area contributed by atoms with Crippen LogP contribution in [0.5, 0.6) is 0 Å². The molecule has 94 valence electrons. The minimum atomic E-state index is -0.665. The lowest BCUT2D eigenvalue weighted by Crippen LogP contribution is -1.95. The first-order chi connectivity index (χ1) is 8.58. The lowest BCUT2D eigenvalue weighted by molar-refractivity contribution is 1.10. The minimum Gasteiger partial charge on any atom is -0.248 e. The van der Waals surface area contributed by atoms with E-state index in [1.807, 2.05) is 24.3 Å². The highest BCUT2D eigenvalue weighted by atomic mass is 35.5. The predicted molar refractivity (Wildman–Crippen MR) is 76.4 cm³/mol. The van der Waals surface area contributed by atoms with E-state index in [9.17, 15) is 0 Å². The molecular formula is C12H8Cl4N2. The Labute approximate surface area is 125 Å². The van der Waals surface area contributed by atoms with Gasteiger partial charge in [0, 0.05) is 0 Å². The van der Waals surface area contributed by atoms with E-state index in [-0.39, 0.29) is 0 Å². The molecule has 0 saturated heterocycles. The van der Waals surface area contributed by atoms with Gasteiger partial charge in [-0.25, -0.2) is 9.97 Å². The van der Waals surface area contributed by atoms with Crippen LogP contribution in [0.2, 0.25) is 0 Å². The number of hydrogen-bond acceptors (Lipinski definition) is 2. The predicted octanol–water partition coefficient (Wildman–Crippen LogP) is 5.10. The lowest BCUT2D eigenvalue weighted by atomic mass is 10.2. The highest BCUT2D eigenvalue weighted by Crippen LogP contribution is 2.27. The highest BCUT2D eigenvalue weighted by molar-refractivity contribution is 6.44. The first-order valence-electron chi connectivity index (χ1n) is 5.08. The third kappa shape index (κ3) is 3.27. The Morgan fingerprint density at radius 1 is 0.667 bits per heavy atom. The Balaban J connectivity index is 2.42. The first kappa shape index (κ1) is 13.9. The summed E-state index contributed by atoms with van der Waals surface area (Å²) in [6.45, 7) is 0. The number of hydrogen-bond donors (Lipinski definition) is 0. The van der Waals surface area contributed by atoms with E-state index >= 15 is 0 Å². The van der Waals surface area contributed by atoms with E-state index in [1.165, 1.54) is 0 Å². The van der Waals surface area contributed by atoms with Crippen molar-refractivity contribution in [2.45, 2.75) is 9.67 Å². The van der Waals surface area contributed by atoms with Crippen LogP contribution in [0.15, 0.2) is 36.4 Å². The van der Waals surface area contributed by atoms with Crippen LogP contribution in [-0.4, -0.2) is 9.97 Å². The number of nitrogens with zero attached hydrogens (tertiary/aromatic N) is 2. The van der Waals surface area contributed by atoms with Gasteiger partial charge in [-0.3, -0.25) is 0 Å². The van der Waals surface area contributed by atoms with Gasteiger partial charge in [0.15, 0.2) is 0 Å². The molecule has 0 spiro atoms. The van der Waals surface area contributed by atoms with Crippen LogP contribution in [0, 0.1) is 0 Å². The minimum absolute atomic E-state index is 0.580. The van der Waals surface area contributed by atoms with Crippen LogP contribution < -0.4 is 0 Å². The number of rotatable bonds is 3. The average Bonchev–Trinajstić information content (AvgIpc) is 2.39. The summed E-state index contributed by atoms with van der Waals surface area (Å²) in [5, 5.41) is 0. The molecule has 2 aromatic rings. The molecule has 2 aromatic heterocycles. The van der Waals surface area contributed by atoms with Crippen molar-refractivity contribution in [1.29, 1.82) is 0 Å². The molecule has 0 amide bonds. The quantitative estimate of drug-likeness (QED) is 0.735. The van der Waals surface area contributed by atoms with E-state index < -0.39 is 9.67 Å². The molecule has 0 aliphatic rings. The normalized spacial score (nSPS) is 11.2. The van der Waals surface area contributed by atoms with Gasteiger partial charge in [-0.05, 0) is 24.3 Å². The van der Waals surface area contributed by atoms with Gasteiger partial charge >= 0.3 is 0 Å². The Kier molecular flexibility index (Phi) is 4.68. The fraction of sp³-hybridized carbons (Fsp3) is 0.167. The van der Waals surface area contributed by atoms with Crippen LogP contribution in [0.4, 0.5) is 0 Å². The second-order valence-corrected chi connectivity index (χ2v) is 5.69. The monoisotopic (exact) mass is 320 g/mol. The van der Waals surface area contributed by atoms with Crippen molar-refractivity contribution in [3.8, 4) is 11.4 Å². The average molecular weight is 322 g/mol. The molecule has 6 heteroatoms. The van der Waals surface area contributed by atoms with Crippen LogP contribution >= 0.6 is 46.4 Å². The number of aromatic nitrogens is 2. The number of pyridine rings is 2. The maximum absolute atomic E-state index is 5.78. The topological polar surface area (TPSA) is 25.8 Å². The summed E-state index contributed by atoms with van der Waals surface area (Å²) in [5.74, 6) is 0. The molecule has 0 saturated carbocycles. The summed E-state index contributed by atoms with van der Waals surface area (Å²) >= 11 is 23.1. The van der Waals surface area contributed by atoms with E-state index in [1.54, 1.807) is 12.1 Å². The lowest BCUT2D eigenvalue weighted by Gasteiger charge is -2.06. The standard InChI is InChI=1S/C12H8Cl4N2/c13-11(14)9-5-1-3-7(17-9)8-4-2-6-10(18-8)12(15)16/h1-6,11-12H. The fourth-order valence-electron chi connectivity index (χ4n) is 1.43. The summed E-state index contributed by atoms with van der Waals surface area (Å²) < 4.78 is 0. The van der Waals surface area contributed by atoms with Gasteiger partial charge in [0.25, 0.3) is 0 Å². The molecule has 2 heterocycles. The van der Waals surface area contributed by atoms with E-state index in [0.717, 1.165) is 0 Å². The van der Waals surface area contributed by atoms with Crippen LogP contribution in [-0.2, 0) is 0 Å². The van der Waals surface area contributed by atoms with Crippen molar-refractivity contribution < 1.29 is 0 Å². The van der Waals surface area contributed by atoms with Crippen LogP contribution in [0.25, 0.3) is 11.4 Å². The molecule has 18 heavy (non-hydrogen) atoms. The fourth-order valence-corrected chi connectivity index (χ4v) is 1.92. The summed E-state index contributed by atoms with van der Waals surface area (Å²) in [4.78, 5) is 7.33. The Morgan fingerprint density at radius 3 is 1.39 bits per heavy atom. The summed E-state index contributed by atoms with van der Waals surface area (Å²) in [6, 6.07) is 10.8. The van der Waals surface area contributed by atoms with Gasteiger partial charge in [-0.15, -0.1) is 0 Å². The molecule has 0 aliphatic heterocycles. The summed E-state index contributed by atoms with van der Waals surface area (Å²) in [7, 11) is 0. The molecule has 0 aromatic carbocycles. The van der Waals surface area contributed by atoms with Crippen molar-refractivity contribution >= 4 is 46.4 Å². The Morgan fingerprint density at radius 2 is 1.06 bits per heavy atom. The zero-order valence-electron chi connectivity index (χ0n) is 9.03. The first-order valence-corrected chi connectivity index (χ1v) is 6.83. The van der Waals surface area contributed by atoms with Crippen molar-refractivity contribution in [3.63, 3.8) is 0 Å². The molecular weight excluding hydrogens is 314 g/mol. The molecule has 2 nitrogen and oxygen atoms in total. The van der Waals surface area contributed by atoms with Crippen molar-refractivity contribution in [2.75, 3.05) is 0 Å². The second kappa shape index (κ2) is 6.07. The zero-order valence-corrected chi connectivity index (χ0v) is 12.0. The highest BCUT2D eigenvalue weighted by Gasteiger charge is 2.10. The third-order valence-electron chi connectivity index (χ3n) is 2.25. The van der Waals surface area contributed by atoms with E-state index in [4.69, 9.17) is 46.4 Å². The Hall–Kier alpha value is -0.540. The third-order valence-corrected chi connectivity index (χ3v) is 3.15. The molecule has 0 unspecified atom stereocenters. The maximum atomic E-state index is 5.78. The number of alkyl halides is 4. The largest absolute Gasteiger partial charge is 0.248 e. The molecule has 0 aliphatic carbocycles. The second-order valence-electron chi connectivity index (χ2n) is 3.50. The van der Waals surface area contributed by atoms with Gasteiger partial charge in [-0.2, -0.15) is 0 Å². The van der Waals surface area contributed by atoms with Gasteiger partial charge in [0.2, 0.25) is 0 Å². The summed E-state index contributed by atoms with van der Waals surface area (Å²) in [5.41, 5.74) is 2.51. The number of halogens is 4. The molecule has 0 bridgehead atoms. The van der Waals surface area contributed by atoms with Crippen molar-refractivity contribution in [1.82, 2.24) is 9.97 Å². The molecule has 2 rings (SSSR count). The molecule has 0 radical (unpaired) electrons. The molecule has 0 atom stereocenters. The SMILES string of the molecule is ClC(Cl)c1cccc(-c2cccc(C(Cl)Cl)n2)n1. The van der Waals surface area contributed by atoms with E-state index in [2.05, 4.69) is 9.97 Å². The van der Waals surface area contributed by atoms with Gasteiger partial charge in [0.1, 0.15) is 9.67 Å². The van der Waals surface area contributed by atoms with E-state index in [0.29, 0.717) is 22.8 Å². The Bertz CT molecular complexity index is 494. The van der Waals surface area contributed by atoms with Crippen LogP contribution in [0.3, 0.4) is 0 Å². The maximum Gasteiger partial charge on any atom is 0.149 e. The smallest absolute Gasteiger partial charge is 0.149 e. The van der Waals surface area contributed by atoms with Crippen molar-refractivity contribution in [3.05, 3.63) is 47.8 Å². The molecule has 0 N–H and O–H groups in total. The summed E-state index contributed by atoms with van der Waals surface area (Å²) in [6.07, 6.45) is 0. The molecule has 0 fully saturated rings. The van der Waals surface area contributed by atoms with Crippen molar-refractivity contribution in [2.24, 2.45) is 0 Å².